The molecule has 6 aromatic heterocycles. The van der Waals surface area contributed by atoms with Crippen molar-refractivity contribution >= 4 is 143 Å². The van der Waals surface area contributed by atoms with Crippen molar-refractivity contribution in [2.45, 2.75) is 0 Å². The van der Waals surface area contributed by atoms with E-state index in [0.29, 0.717) is 29.0 Å². The summed E-state index contributed by atoms with van der Waals surface area (Å²) in [6.45, 7) is 0. The van der Waals surface area contributed by atoms with E-state index in [1.807, 2.05) is 45.3 Å². The molecule has 0 saturated heterocycles. The maximum atomic E-state index is 2.52. The van der Waals surface area contributed by atoms with Gasteiger partial charge < -0.3 is 0 Å². The molecule has 0 bridgehead atoms. The molecule has 0 unspecified atom stereocenters. The Morgan fingerprint density at radius 3 is 1.35 bits per heavy atom. The molecular formula is C34H16S4Se2. The first-order chi connectivity index (χ1) is 19.7. The number of rotatable bonds is 2. The molecule has 0 aliphatic rings. The monoisotopic (exact) mass is 712 g/mol. The molecule has 4 aromatic carbocycles. The third-order valence-electron chi connectivity index (χ3n) is 7.69. The van der Waals surface area contributed by atoms with Crippen LogP contribution >= 0.6 is 45.3 Å². The Morgan fingerprint density at radius 2 is 0.875 bits per heavy atom. The Morgan fingerprint density at radius 1 is 0.400 bits per heavy atom. The van der Waals surface area contributed by atoms with Crippen LogP contribution < -0.4 is 0 Å². The number of thiophene rings is 4. The Kier molecular flexibility index (Phi) is 4.92. The van der Waals surface area contributed by atoms with Gasteiger partial charge in [0.25, 0.3) is 0 Å². The molecule has 0 radical (unpaired) electrons. The third-order valence-corrected chi connectivity index (χ3v) is 17.8. The Labute approximate surface area is 256 Å². The van der Waals surface area contributed by atoms with Crippen molar-refractivity contribution in [2.24, 2.45) is 0 Å². The molecule has 10 rings (SSSR count). The molecule has 0 saturated carbocycles. The van der Waals surface area contributed by atoms with E-state index in [2.05, 4.69) is 97.1 Å². The van der Waals surface area contributed by atoms with Crippen LogP contribution in [0.4, 0.5) is 0 Å². The van der Waals surface area contributed by atoms with Crippen molar-refractivity contribution in [1.29, 1.82) is 0 Å². The van der Waals surface area contributed by atoms with Gasteiger partial charge in [-0.2, -0.15) is 0 Å². The fourth-order valence-corrected chi connectivity index (χ4v) is 15.5. The molecular weight excluding hydrogens is 695 g/mol. The van der Waals surface area contributed by atoms with Crippen LogP contribution in [0, 0.1) is 0 Å². The van der Waals surface area contributed by atoms with Crippen LogP contribution in [-0.4, -0.2) is 29.0 Å². The zero-order chi connectivity index (χ0) is 25.9. The molecule has 188 valence electrons. The van der Waals surface area contributed by atoms with Gasteiger partial charge in [0, 0.05) is 0 Å². The van der Waals surface area contributed by atoms with E-state index in [1.54, 1.807) is 0 Å². The average Bonchev–Trinajstić information content (AvgIpc) is 3.79. The first kappa shape index (κ1) is 23.1. The summed E-state index contributed by atoms with van der Waals surface area (Å²) in [6.07, 6.45) is 0. The predicted molar refractivity (Wildman–Crippen MR) is 185 cm³/mol. The van der Waals surface area contributed by atoms with E-state index in [4.69, 9.17) is 0 Å². The topological polar surface area (TPSA) is 0 Å². The molecule has 0 atom stereocenters. The van der Waals surface area contributed by atoms with Crippen molar-refractivity contribution in [1.82, 2.24) is 0 Å². The zero-order valence-electron chi connectivity index (χ0n) is 20.7. The summed E-state index contributed by atoms with van der Waals surface area (Å²) in [4.78, 5) is 2.87. The minimum atomic E-state index is 0.354. The van der Waals surface area contributed by atoms with Crippen molar-refractivity contribution in [3.63, 3.8) is 0 Å². The van der Waals surface area contributed by atoms with Gasteiger partial charge in [0.1, 0.15) is 0 Å². The van der Waals surface area contributed by atoms with E-state index < -0.39 is 0 Å². The summed E-state index contributed by atoms with van der Waals surface area (Å²) in [7, 11) is 0. The molecule has 0 N–H and O–H groups in total. The minimum absolute atomic E-state index is 0.354. The third kappa shape index (κ3) is 3.40. The molecule has 6 heteroatoms. The van der Waals surface area contributed by atoms with E-state index in [1.165, 1.54) is 87.7 Å². The normalized spacial score (nSPS) is 12.5. The van der Waals surface area contributed by atoms with Gasteiger partial charge in [0.05, 0.1) is 0 Å². The van der Waals surface area contributed by atoms with Gasteiger partial charge >= 0.3 is 259 Å². The quantitative estimate of drug-likeness (QED) is 0.157. The second kappa shape index (κ2) is 8.51. The van der Waals surface area contributed by atoms with Crippen LogP contribution in [0.2, 0.25) is 0 Å². The van der Waals surface area contributed by atoms with Crippen LogP contribution in [0.1, 0.15) is 0 Å². The molecule has 0 aliphatic carbocycles. The summed E-state index contributed by atoms with van der Waals surface area (Å²) < 4.78 is 14.7. The standard InChI is InChI=1S/C34H16S4Se2/c1-3-7-23-17(5-1)9-27(35-23)31-13-19-11-25-21(15-29(19)39-31)33-34(37-25)22-16-30-20(12-26(22)38-33)14-32(40-30)28-10-18-6-2-4-8-24(18)36-28/h1-16H. The summed E-state index contributed by atoms with van der Waals surface area (Å²) in [5.41, 5.74) is 0. The fourth-order valence-electron chi connectivity index (χ4n) is 5.77. The van der Waals surface area contributed by atoms with E-state index >= 15 is 0 Å². The summed E-state index contributed by atoms with van der Waals surface area (Å²) in [6, 6.07) is 37.2. The van der Waals surface area contributed by atoms with Gasteiger partial charge in [-0.05, 0) is 0 Å². The molecule has 40 heavy (non-hydrogen) atoms. The number of hydrogen-bond donors (Lipinski definition) is 0. The molecule has 0 aliphatic heterocycles. The van der Waals surface area contributed by atoms with Gasteiger partial charge in [0.15, 0.2) is 0 Å². The molecule has 0 nitrogen and oxygen atoms in total. The van der Waals surface area contributed by atoms with Crippen LogP contribution in [0.15, 0.2) is 97.1 Å². The average molecular weight is 711 g/mol. The number of fused-ring (bicyclic) bond motifs is 9. The van der Waals surface area contributed by atoms with Gasteiger partial charge in [0.2, 0.25) is 0 Å². The Bertz CT molecular complexity index is 2360. The molecule has 6 heterocycles. The van der Waals surface area contributed by atoms with Crippen LogP contribution in [0.5, 0.6) is 0 Å². The van der Waals surface area contributed by atoms with Crippen LogP contribution in [0.25, 0.3) is 87.7 Å². The van der Waals surface area contributed by atoms with Crippen LogP contribution in [0.3, 0.4) is 0 Å². The second-order valence-electron chi connectivity index (χ2n) is 10.2. The molecule has 0 amide bonds. The number of benzene rings is 4. The van der Waals surface area contributed by atoms with Crippen molar-refractivity contribution in [3.05, 3.63) is 97.1 Å². The molecule has 10 aromatic rings. The van der Waals surface area contributed by atoms with Crippen molar-refractivity contribution < 1.29 is 0 Å². The molecule has 0 spiro atoms. The summed E-state index contributed by atoms with van der Waals surface area (Å²) in [5.74, 6) is 0. The van der Waals surface area contributed by atoms with E-state index in [-0.39, 0.29) is 0 Å². The van der Waals surface area contributed by atoms with Gasteiger partial charge in [-0.15, -0.1) is 0 Å². The van der Waals surface area contributed by atoms with E-state index in [0.717, 1.165) is 0 Å². The maximum absolute atomic E-state index is 2.52. The van der Waals surface area contributed by atoms with Crippen molar-refractivity contribution in [3.8, 4) is 18.6 Å². The van der Waals surface area contributed by atoms with Gasteiger partial charge in [-0.1, -0.05) is 0 Å². The van der Waals surface area contributed by atoms with E-state index in [9.17, 15) is 0 Å². The Hall–Kier alpha value is -2.50. The number of hydrogen-bond acceptors (Lipinski definition) is 4. The van der Waals surface area contributed by atoms with Gasteiger partial charge in [-0.3, -0.25) is 0 Å². The SMILES string of the molecule is c1ccc2sc(-c3cc4cc5sc6c7cc8[se]c(-c9cc%10ccccc%10s9)cc8cc7sc6c5cc4[se]3)cc2c1. The van der Waals surface area contributed by atoms with Gasteiger partial charge in [-0.25, -0.2) is 0 Å². The predicted octanol–water partition coefficient (Wildman–Crippen LogP) is 11.5. The second-order valence-corrected chi connectivity index (χ2v) is 19.0. The first-order valence-electron chi connectivity index (χ1n) is 13.0. The van der Waals surface area contributed by atoms with Crippen molar-refractivity contribution in [2.75, 3.05) is 0 Å². The first-order valence-corrected chi connectivity index (χ1v) is 19.7. The fraction of sp³-hybridized carbons (Fsp3) is 0. The van der Waals surface area contributed by atoms with Crippen LogP contribution in [-0.2, 0) is 0 Å². The Balaban J connectivity index is 1.11. The zero-order valence-corrected chi connectivity index (χ0v) is 27.4. The summed E-state index contributed by atoms with van der Waals surface area (Å²) >= 11 is 8.57. The summed E-state index contributed by atoms with van der Waals surface area (Å²) in [5, 5.41) is 8.50. The molecule has 0 fully saturated rings.